The smallest absolute Gasteiger partial charge is 0.397 e. The van der Waals surface area contributed by atoms with Gasteiger partial charge in [0.1, 0.15) is 0 Å². The molecule has 6 heteroatoms. The molecule has 0 saturated carbocycles. The molecule has 0 unspecified atom stereocenters. The number of halogens is 3. The van der Waals surface area contributed by atoms with E-state index in [4.69, 9.17) is 17.2 Å². The summed E-state index contributed by atoms with van der Waals surface area (Å²) in [5.41, 5.74) is 14.8. The number of anilines is 3. The van der Waals surface area contributed by atoms with Crippen LogP contribution in [0.25, 0.3) is 0 Å². The lowest BCUT2D eigenvalue weighted by Gasteiger charge is -2.15. The Morgan fingerprint density at radius 1 is 1.07 bits per heavy atom. The van der Waals surface area contributed by atoms with E-state index in [9.17, 15) is 13.2 Å². The maximum absolute atomic E-state index is 12.4. The van der Waals surface area contributed by atoms with Gasteiger partial charge in [-0.3, -0.25) is 0 Å². The predicted octanol–water partition coefficient (Wildman–Crippen LogP) is 1.76. The first-order valence-corrected chi connectivity index (χ1v) is 3.76. The van der Waals surface area contributed by atoms with Crippen molar-refractivity contribution >= 4 is 17.1 Å². The number of alkyl halides is 3. The zero-order valence-corrected chi connectivity index (χ0v) is 7.44. The predicted molar refractivity (Wildman–Crippen MR) is 49.4 cm³/mol. The molecule has 0 aliphatic heterocycles. The molecule has 0 aromatic heterocycles. The highest BCUT2D eigenvalue weighted by Gasteiger charge is 2.34. The van der Waals surface area contributed by atoms with Crippen LogP contribution in [0.3, 0.4) is 0 Å². The number of hydrogen-bond donors (Lipinski definition) is 3. The molecule has 0 amide bonds. The van der Waals surface area contributed by atoms with Gasteiger partial charge in [-0.2, -0.15) is 13.2 Å². The molecule has 0 spiro atoms. The summed E-state index contributed by atoms with van der Waals surface area (Å²) in [7, 11) is 0. The second kappa shape index (κ2) is 2.97. The Balaban J connectivity index is 3.49. The first kappa shape index (κ1) is 10.5. The second-order valence-electron chi connectivity index (χ2n) is 2.96. The van der Waals surface area contributed by atoms with Crippen molar-refractivity contribution in [2.75, 3.05) is 17.2 Å². The van der Waals surface area contributed by atoms with E-state index >= 15 is 0 Å². The lowest BCUT2D eigenvalue weighted by Crippen LogP contribution is -2.12. The summed E-state index contributed by atoms with van der Waals surface area (Å²) in [5.74, 6) is 0. The van der Waals surface area contributed by atoms with Gasteiger partial charge in [0.15, 0.2) is 0 Å². The molecule has 0 aliphatic carbocycles. The maximum atomic E-state index is 12.4. The highest BCUT2D eigenvalue weighted by molar-refractivity contribution is 5.81. The van der Waals surface area contributed by atoms with Gasteiger partial charge in [0.05, 0.1) is 22.6 Å². The topological polar surface area (TPSA) is 78.1 Å². The molecule has 0 heterocycles. The van der Waals surface area contributed by atoms with Crippen molar-refractivity contribution in [1.82, 2.24) is 0 Å². The third kappa shape index (κ3) is 1.55. The molecule has 0 saturated heterocycles. The van der Waals surface area contributed by atoms with Crippen molar-refractivity contribution < 1.29 is 13.2 Å². The number of nitrogens with two attached hydrogens (primary N) is 3. The Bertz CT molecular complexity index is 371. The molecule has 0 aliphatic rings. The Kier molecular flexibility index (Phi) is 2.22. The number of rotatable bonds is 0. The fourth-order valence-electron chi connectivity index (χ4n) is 1.14. The molecule has 0 radical (unpaired) electrons. The summed E-state index contributed by atoms with van der Waals surface area (Å²) in [6, 6.07) is 0.793. The average Bonchev–Trinajstić information content (AvgIpc) is 2.06. The number of hydrogen-bond acceptors (Lipinski definition) is 3. The van der Waals surface area contributed by atoms with Crippen LogP contribution < -0.4 is 17.2 Å². The van der Waals surface area contributed by atoms with Crippen LogP contribution in [-0.2, 0) is 6.18 Å². The molecule has 14 heavy (non-hydrogen) atoms. The molecule has 1 aromatic carbocycles. The average molecular weight is 205 g/mol. The lowest BCUT2D eigenvalue weighted by molar-refractivity contribution is -0.137. The minimum atomic E-state index is -4.46. The lowest BCUT2D eigenvalue weighted by atomic mass is 10.0. The van der Waals surface area contributed by atoms with Gasteiger partial charge >= 0.3 is 6.18 Å². The fraction of sp³-hybridized carbons (Fsp3) is 0.250. The van der Waals surface area contributed by atoms with E-state index in [1.807, 2.05) is 0 Å². The Morgan fingerprint density at radius 2 is 1.57 bits per heavy atom. The molecule has 6 N–H and O–H groups in total. The van der Waals surface area contributed by atoms with Gasteiger partial charge < -0.3 is 17.2 Å². The monoisotopic (exact) mass is 205 g/mol. The van der Waals surface area contributed by atoms with Crippen LogP contribution in [0.2, 0.25) is 0 Å². The van der Waals surface area contributed by atoms with Crippen LogP contribution in [0, 0.1) is 6.92 Å². The van der Waals surface area contributed by atoms with Crippen molar-refractivity contribution in [1.29, 1.82) is 0 Å². The van der Waals surface area contributed by atoms with Crippen LogP contribution in [0.4, 0.5) is 30.2 Å². The molecule has 0 fully saturated rings. The summed E-state index contributed by atoms with van der Waals surface area (Å²) >= 11 is 0. The largest absolute Gasteiger partial charge is 0.416 e. The quantitative estimate of drug-likeness (QED) is 0.564. The van der Waals surface area contributed by atoms with Gasteiger partial charge in [-0.1, -0.05) is 0 Å². The van der Waals surface area contributed by atoms with Gasteiger partial charge in [-0.25, -0.2) is 0 Å². The SMILES string of the molecule is Cc1c(C(F)(F)F)cc(N)c(N)c1N. The fourth-order valence-corrected chi connectivity index (χ4v) is 1.14. The van der Waals surface area contributed by atoms with Gasteiger partial charge in [0.25, 0.3) is 0 Å². The van der Waals surface area contributed by atoms with E-state index in [-0.39, 0.29) is 22.6 Å². The molecule has 1 aromatic rings. The third-order valence-corrected chi connectivity index (χ3v) is 2.01. The molecule has 0 bridgehead atoms. The van der Waals surface area contributed by atoms with E-state index < -0.39 is 11.7 Å². The van der Waals surface area contributed by atoms with E-state index in [0.29, 0.717) is 0 Å². The summed E-state index contributed by atoms with van der Waals surface area (Å²) in [5, 5.41) is 0. The van der Waals surface area contributed by atoms with Crippen molar-refractivity contribution in [3.05, 3.63) is 17.2 Å². The highest BCUT2D eigenvalue weighted by atomic mass is 19.4. The Morgan fingerprint density at radius 3 is 2.00 bits per heavy atom. The minimum Gasteiger partial charge on any atom is -0.397 e. The molecule has 78 valence electrons. The van der Waals surface area contributed by atoms with Crippen LogP contribution in [0.15, 0.2) is 6.07 Å². The normalized spacial score (nSPS) is 11.7. The van der Waals surface area contributed by atoms with E-state index in [1.54, 1.807) is 0 Å². The standard InChI is InChI=1S/C8H10F3N3/c1-3-4(8(9,10)11)2-5(12)7(14)6(3)13/h2H,12-14H2,1H3. The van der Waals surface area contributed by atoms with Crippen molar-refractivity contribution in [3.8, 4) is 0 Å². The highest BCUT2D eigenvalue weighted by Crippen LogP contribution is 2.38. The van der Waals surface area contributed by atoms with Crippen LogP contribution in [0.5, 0.6) is 0 Å². The molecule has 0 atom stereocenters. The van der Waals surface area contributed by atoms with Crippen LogP contribution in [-0.4, -0.2) is 0 Å². The molecule has 1 rings (SSSR count). The van der Waals surface area contributed by atoms with Gasteiger partial charge in [-0.15, -0.1) is 0 Å². The van der Waals surface area contributed by atoms with E-state index in [2.05, 4.69) is 0 Å². The number of nitrogen functional groups attached to an aromatic ring is 3. The van der Waals surface area contributed by atoms with Crippen molar-refractivity contribution in [2.45, 2.75) is 13.1 Å². The first-order valence-electron chi connectivity index (χ1n) is 3.76. The molecular weight excluding hydrogens is 195 g/mol. The van der Waals surface area contributed by atoms with Crippen LogP contribution in [0.1, 0.15) is 11.1 Å². The van der Waals surface area contributed by atoms with E-state index in [1.165, 1.54) is 6.92 Å². The van der Waals surface area contributed by atoms with Crippen LogP contribution >= 0.6 is 0 Å². The summed E-state index contributed by atoms with van der Waals surface area (Å²) in [4.78, 5) is 0. The van der Waals surface area contributed by atoms with Gasteiger partial charge in [0, 0.05) is 0 Å². The minimum absolute atomic E-state index is 0.00417. The van der Waals surface area contributed by atoms with Gasteiger partial charge in [-0.05, 0) is 18.6 Å². The zero-order valence-electron chi connectivity index (χ0n) is 7.44. The maximum Gasteiger partial charge on any atom is 0.416 e. The molecule has 3 nitrogen and oxygen atoms in total. The molecular formula is C8H10F3N3. The Hall–Kier alpha value is -1.59. The summed E-state index contributed by atoms with van der Waals surface area (Å²) in [6.07, 6.45) is -4.46. The zero-order chi connectivity index (χ0) is 11.1. The summed E-state index contributed by atoms with van der Waals surface area (Å²) in [6.45, 7) is 1.26. The van der Waals surface area contributed by atoms with E-state index in [0.717, 1.165) is 6.07 Å². The van der Waals surface area contributed by atoms with Crippen molar-refractivity contribution in [3.63, 3.8) is 0 Å². The van der Waals surface area contributed by atoms with Gasteiger partial charge in [0.2, 0.25) is 0 Å². The first-order chi connectivity index (χ1) is 6.25. The van der Waals surface area contributed by atoms with Crippen molar-refractivity contribution in [2.24, 2.45) is 0 Å². The second-order valence-corrected chi connectivity index (χ2v) is 2.96. The number of benzene rings is 1. The Labute approximate surface area is 78.7 Å². The summed E-state index contributed by atoms with van der Waals surface area (Å²) < 4.78 is 37.2. The third-order valence-electron chi connectivity index (χ3n) is 2.01.